The molecule has 0 aliphatic carbocycles. The van der Waals surface area contributed by atoms with E-state index in [2.05, 4.69) is 10.2 Å². The van der Waals surface area contributed by atoms with Crippen LogP contribution >= 0.6 is 0 Å². The molecule has 1 aromatic rings. The van der Waals surface area contributed by atoms with E-state index in [0.717, 1.165) is 37.2 Å². The number of nitrogens with zero attached hydrogens (tertiary/aromatic N) is 2. The van der Waals surface area contributed by atoms with Gasteiger partial charge in [0.2, 0.25) is 5.91 Å². The number of carbonyl (C=O) groups excluding carboxylic acids is 1. The number of carboxylic acid groups (broad SMARTS) is 1. The van der Waals surface area contributed by atoms with Gasteiger partial charge < -0.3 is 15.2 Å². The Bertz CT molecular complexity index is 600. The summed E-state index contributed by atoms with van der Waals surface area (Å²) in [7, 11) is 1.84. The fourth-order valence-corrected chi connectivity index (χ4v) is 3.23. The summed E-state index contributed by atoms with van der Waals surface area (Å²) >= 11 is 0. The van der Waals surface area contributed by atoms with Gasteiger partial charge in [0.05, 0.1) is 19.7 Å². The maximum atomic E-state index is 12.2. The number of piperidine rings is 1. The van der Waals surface area contributed by atoms with E-state index in [4.69, 9.17) is 9.84 Å². The molecule has 1 saturated heterocycles. The summed E-state index contributed by atoms with van der Waals surface area (Å²) in [6.07, 6.45) is 1.76. The minimum atomic E-state index is -0.803. The van der Waals surface area contributed by atoms with Gasteiger partial charge in [-0.1, -0.05) is 12.1 Å². The first-order valence-corrected chi connectivity index (χ1v) is 9.10. The summed E-state index contributed by atoms with van der Waals surface area (Å²) in [4.78, 5) is 27.0. The molecule has 0 saturated carbocycles. The molecule has 144 valence electrons. The van der Waals surface area contributed by atoms with Gasteiger partial charge in [0.15, 0.2) is 0 Å². The highest BCUT2D eigenvalue weighted by molar-refractivity contribution is 5.78. The molecule has 0 spiro atoms. The first kappa shape index (κ1) is 20.2. The van der Waals surface area contributed by atoms with Gasteiger partial charge in [-0.15, -0.1) is 0 Å². The van der Waals surface area contributed by atoms with Crippen LogP contribution < -0.4 is 10.1 Å². The van der Waals surface area contributed by atoms with E-state index in [0.29, 0.717) is 19.7 Å². The number of ether oxygens (including phenoxy) is 1. The number of rotatable bonds is 9. The molecule has 2 N–H and O–H groups in total. The second-order valence-electron chi connectivity index (χ2n) is 6.67. The molecule has 0 aromatic heterocycles. The third-order valence-corrected chi connectivity index (χ3v) is 4.63. The Morgan fingerprint density at radius 3 is 2.73 bits per heavy atom. The average Bonchev–Trinajstić information content (AvgIpc) is 2.61. The van der Waals surface area contributed by atoms with Crippen molar-refractivity contribution in [2.24, 2.45) is 0 Å². The van der Waals surface area contributed by atoms with E-state index in [9.17, 15) is 9.59 Å². The smallest absolute Gasteiger partial charge is 0.317 e. The minimum absolute atomic E-state index is 0.00385. The van der Waals surface area contributed by atoms with E-state index in [1.807, 2.05) is 43.1 Å². The van der Waals surface area contributed by atoms with E-state index in [1.165, 1.54) is 0 Å². The van der Waals surface area contributed by atoms with Gasteiger partial charge in [-0.25, -0.2) is 0 Å². The zero-order valence-corrected chi connectivity index (χ0v) is 15.6. The first-order valence-electron chi connectivity index (χ1n) is 9.10. The van der Waals surface area contributed by atoms with Crippen molar-refractivity contribution in [3.05, 3.63) is 29.8 Å². The van der Waals surface area contributed by atoms with Crippen LogP contribution in [0.1, 0.15) is 25.3 Å². The predicted molar refractivity (Wildman–Crippen MR) is 99.2 cm³/mol. The van der Waals surface area contributed by atoms with Gasteiger partial charge in [-0.05, 0) is 44.5 Å². The van der Waals surface area contributed by atoms with Gasteiger partial charge in [-0.3, -0.25) is 19.4 Å². The Morgan fingerprint density at radius 1 is 1.35 bits per heavy atom. The summed E-state index contributed by atoms with van der Waals surface area (Å²) in [6.45, 7) is 5.10. The molecule has 1 aliphatic heterocycles. The Balaban J connectivity index is 1.70. The molecule has 0 radical (unpaired) electrons. The molecule has 0 bridgehead atoms. The van der Waals surface area contributed by atoms with Crippen LogP contribution in [0.2, 0.25) is 0 Å². The van der Waals surface area contributed by atoms with Crippen molar-refractivity contribution in [2.45, 2.75) is 32.4 Å². The summed E-state index contributed by atoms with van der Waals surface area (Å²) in [5.41, 5.74) is 1.01. The number of carboxylic acids is 1. The van der Waals surface area contributed by atoms with Crippen LogP contribution in [0.3, 0.4) is 0 Å². The summed E-state index contributed by atoms with van der Waals surface area (Å²) in [6, 6.07) is 8.00. The van der Waals surface area contributed by atoms with Crippen LogP contribution in [0.5, 0.6) is 5.75 Å². The van der Waals surface area contributed by atoms with Gasteiger partial charge >= 0.3 is 5.97 Å². The lowest BCUT2D eigenvalue weighted by atomic mass is 10.0. The van der Waals surface area contributed by atoms with Crippen LogP contribution in [0.15, 0.2) is 24.3 Å². The molecule has 26 heavy (non-hydrogen) atoms. The van der Waals surface area contributed by atoms with E-state index >= 15 is 0 Å². The molecule has 1 amide bonds. The lowest BCUT2D eigenvalue weighted by Gasteiger charge is -2.35. The summed E-state index contributed by atoms with van der Waals surface area (Å²) < 4.78 is 5.47. The van der Waals surface area contributed by atoms with Crippen LogP contribution in [0, 0.1) is 0 Å². The van der Waals surface area contributed by atoms with Crippen LogP contribution in [-0.4, -0.2) is 72.7 Å². The Labute approximate surface area is 154 Å². The molecule has 2 rings (SSSR count). The second-order valence-corrected chi connectivity index (χ2v) is 6.67. The Morgan fingerprint density at radius 2 is 2.08 bits per heavy atom. The number of amides is 1. The van der Waals surface area contributed by atoms with Crippen LogP contribution in [0.4, 0.5) is 0 Å². The van der Waals surface area contributed by atoms with Crippen molar-refractivity contribution >= 4 is 11.9 Å². The van der Waals surface area contributed by atoms with Crippen molar-refractivity contribution in [1.29, 1.82) is 0 Å². The van der Waals surface area contributed by atoms with Gasteiger partial charge in [0.1, 0.15) is 5.75 Å². The zero-order valence-electron chi connectivity index (χ0n) is 15.6. The standard InChI is InChI=1S/C19H29N3O4/c1-3-26-17-6-4-5-15(11-17)12-20-18(23)13-22-9-7-16(8-10-22)21(2)14-19(24)25/h4-6,11,16H,3,7-10,12-14H2,1-2H3,(H,20,23)(H,24,25). The number of hydrogen-bond acceptors (Lipinski definition) is 5. The highest BCUT2D eigenvalue weighted by atomic mass is 16.5. The fraction of sp³-hybridized carbons (Fsp3) is 0.579. The normalized spacial score (nSPS) is 15.8. The quantitative estimate of drug-likeness (QED) is 0.686. The third kappa shape index (κ3) is 6.65. The number of likely N-dealkylation sites (N-methyl/N-ethyl adjacent to an activating group) is 1. The maximum absolute atomic E-state index is 12.2. The second kappa shape index (κ2) is 10.1. The molecule has 1 aliphatic rings. The molecule has 7 heteroatoms. The lowest BCUT2D eigenvalue weighted by Crippen LogP contribution is -2.47. The zero-order chi connectivity index (χ0) is 18.9. The van der Waals surface area contributed by atoms with Gasteiger partial charge in [-0.2, -0.15) is 0 Å². The number of hydrogen-bond donors (Lipinski definition) is 2. The molecule has 0 atom stereocenters. The monoisotopic (exact) mass is 363 g/mol. The molecular weight excluding hydrogens is 334 g/mol. The van der Waals surface area contributed by atoms with Crippen LogP contribution in [0.25, 0.3) is 0 Å². The highest BCUT2D eigenvalue weighted by Gasteiger charge is 2.24. The van der Waals surface area contributed by atoms with Gasteiger partial charge in [0.25, 0.3) is 0 Å². The van der Waals surface area contributed by atoms with Crippen LogP contribution in [-0.2, 0) is 16.1 Å². The predicted octanol–water partition coefficient (Wildman–Crippen LogP) is 1.18. The minimum Gasteiger partial charge on any atom is -0.494 e. The number of carbonyl (C=O) groups is 2. The SMILES string of the molecule is CCOc1cccc(CNC(=O)CN2CCC(N(C)CC(=O)O)CC2)c1. The maximum Gasteiger partial charge on any atom is 0.317 e. The molecule has 0 unspecified atom stereocenters. The van der Waals surface area contributed by atoms with E-state index in [1.54, 1.807) is 0 Å². The van der Waals surface area contributed by atoms with Crippen molar-refractivity contribution < 1.29 is 19.4 Å². The van der Waals surface area contributed by atoms with Crippen molar-refractivity contribution in [1.82, 2.24) is 15.1 Å². The first-order chi connectivity index (χ1) is 12.5. The van der Waals surface area contributed by atoms with E-state index in [-0.39, 0.29) is 18.5 Å². The fourth-order valence-electron chi connectivity index (χ4n) is 3.23. The topological polar surface area (TPSA) is 82.1 Å². The van der Waals surface area contributed by atoms with E-state index < -0.39 is 5.97 Å². The number of aliphatic carboxylic acids is 1. The summed E-state index contributed by atoms with van der Waals surface area (Å²) in [5.74, 6) is 0.0127. The molecule has 7 nitrogen and oxygen atoms in total. The molecule has 1 aromatic carbocycles. The molecular formula is C19H29N3O4. The Hall–Kier alpha value is -2.12. The number of benzene rings is 1. The Kier molecular flexibility index (Phi) is 7.87. The third-order valence-electron chi connectivity index (χ3n) is 4.63. The lowest BCUT2D eigenvalue weighted by molar-refractivity contribution is -0.138. The molecule has 1 fully saturated rings. The van der Waals surface area contributed by atoms with Crippen molar-refractivity contribution in [2.75, 3.05) is 39.8 Å². The molecule has 1 heterocycles. The highest BCUT2D eigenvalue weighted by Crippen LogP contribution is 2.15. The van der Waals surface area contributed by atoms with Crippen molar-refractivity contribution in [3.8, 4) is 5.75 Å². The van der Waals surface area contributed by atoms with Crippen molar-refractivity contribution in [3.63, 3.8) is 0 Å². The average molecular weight is 363 g/mol. The largest absolute Gasteiger partial charge is 0.494 e. The number of nitrogens with one attached hydrogen (secondary N) is 1. The van der Waals surface area contributed by atoms with Gasteiger partial charge in [0, 0.05) is 25.7 Å². The number of likely N-dealkylation sites (tertiary alicyclic amines) is 1. The summed E-state index contributed by atoms with van der Waals surface area (Å²) in [5, 5.41) is 11.8.